The molecule has 0 spiro atoms. The number of thioether (sulfide) groups is 1. The average Bonchev–Trinajstić information content (AvgIpc) is 2.37. The van der Waals surface area contributed by atoms with Crippen molar-refractivity contribution in [2.45, 2.75) is 44.5 Å². The number of Topliss-reactive ketones (excluding diaryl/α,β-unsaturated/α-hetero) is 1. The Balaban J connectivity index is 2.65. The Morgan fingerprint density at radius 1 is 1.38 bits per heavy atom. The van der Waals surface area contributed by atoms with Crippen LogP contribution in [0.4, 0.5) is 5.69 Å². The van der Waals surface area contributed by atoms with Crippen molar-refractivity contribution < 1.29 is 14.3 Å². The van der Waals surface area contributed by atoms with E-state index in [0.29, 0.717) is 5.69 Å². The van der Waals surface area contributed by atoms with Gasteiger partial charge in [-0.2, -0.15) is 0 Å². The number of carbonyl (C=O) groups excluding carboxylic acids is 2. The molecule has 0 saturated carbocycles. The molecule has 2 N–H and O–H groups in total. The van der Waals surface area contributed by atoms with Crippen molar-refractivity contribution in [2.24, 2.45) is 0 Å². The predicted octanol–water partition coefficient (Wildman–Crippen LogP) is 2.76. The molecular weight excluding hydrogens is 288 g/mol. The number of aromatic nitrogens is 1. The summed E-state index contributed by atoms with van der Waals surface area (Å²) in [5.74, 6) is -0.398. The van der Waals surface area contributed by atoms with Crippen LogP contribution in [0.15, 0.2) is 18.5 Å². The molecule has 0 aliphatic carbocycles. The number of carbonyl (C=O) groups is 2. The normalized spacial score (nSPS) is 12.8. The highest BCUT2D eigenvalue weighted by Crippen LogP contribution is 2.32. The first-order valence-corrected chi connectivity index (χ1v) is 8.00. The Kier molecular flexibility index (Phi) is 6.20. The lowest BCUT2D eigenvalue weighted by Gasteiger charge is -2.20. The van der Waals surface area contributed by atoms with Crippen LogP contribution in [-0.4, -0.2) is 28.6 Å². The van der Waals surface area contributed by atoms with Gasteiger partial charge in [0.05, 0.1) is 23.6 Å². The van der Waals surface area contributed by atoms with Crippen molar-refractivity contribution >= 4 is 29.2 Å². The van der Waals surface area contributed by atoms with Crippen LogP contribution >= 0.6 is 11.8 Å². The van der Waals surface area contributed by atoms with Crippen molar-refractivity contribution in [3.63, 3.8) is 0 Å². The smallest absolute Gasteiger partial charge is 0.306 e. The van der Waals surface area contributed by atoms with Crippen molar-refractivity contribution in [1.29, 1.82) is 0 Å². The van der Waals surface area contributed by atoms with Gasteiger partial charge in [-0.15, -0.1) is 11.8 Å². The number of anilines is 1. The third-order valence-corrected chi connectivity index (χ3v) is 3.68. The molecule has 1 aromatic rings. The zero-order chi connectivity index (χ0) is 16.0. The summed E-state index contributed by atoms with van der Waals surface area (Å²) in [6.07, 6.45) is 5.20. The maximum Gasteiger partial charge on any atom is 0.306 e. The molecule has 1 rings (SSSR count). The van der Waals surface area contributed by atoms with Crippen LogP contribution in [-0.2, 0) is 14.3 Å². The average molecular weight is 310 g/mol. The molecule has 6 heteroatoms. The van der Waals surface area contributed by atoms with Gasteiger partial charge in [-0.1, -0.05) is 0 Å². The fourth-order valence-electron chi connectivity index (χ4n) is 1.84. The standard InChI is InChI=1S/C15H22N2O3S/c1-15(2,3)20-13(19)6-5-12(18)14(21-4)10-7-8-17-9-11(10)16/h7-9,14H,5-6,16H2,1-4H3. The number of rotatable bonds is 6. The first-order chi connectivity index (χ1) is 9.74. The summed E-state index contributed by atoms with van der Waals surface area (Å²) in [5.41, 5.74) is 6.55. The molecule has 1 unspecified atom stereocenters. The molecule has 0 radical (unpaired) electrons. The topological polar surface area (TPSA) is 82.3 Å². The molecule has 21 heavy (non-hydrogen) atoms. The van der Waals surface area contributed by atoms with Gasteiger partial charge in [0, 0.05) is 12.6 Å². The molecule has 116 valence electrons. The second kappa shape index (κ2) is 7.45. The number of hydrogen-bond donors (Lipinski definition) is 1. The van der Waals surface area contributed by atoms with Gasteiger partial charge in [0.15, 0.2) is 5.78 Å². The monoisotopic (exact) mass is 310 g/mol. The first kappa shape index (κ1) is 17.5. The molecule has 1 aromatic heterocycles. The fourth-order valence-corrected chi connectivity index (χ4v) is 2.69. The number of nitrogen functional groups attached to an aromatic ring is 1. The molecule has 0 aromatic carbocycles. The summed E-state index contributed by atoms with van der Waals surface area (Å²) in [7, 11) is 0. The highest BCUT2D eigenvalue weighted by Gasteiger charge is 2.23. The van der Waals surface area contributed by atoms with Crippen molar-refractivity contribution in [3.05, 3.63) is 24.0 Å². The van der Waals surface area contributed by atoms with Crippen LogP contribution < -0.4 is 5.73 Å². The highest BCUT2D eigenvalue weighted by molar-refractivity contribution is 7.99. The van der Waals surface area contributed by atoms with Crippen LogP contribution in [0, 0.1) is 0 Å². The third-order valence-electron chi connectivity index (χ3n) is 2.69. The Morgan fingerprint density at radius 2 is 2.05 bits per heavy atom. The third kappa shape index (κ3) is 5.75. The molecule has 1 atom stereocenters. The summed E-state index contributed by atoms with van der Waals surface area (Å²) in [4.78, 5) is 27.9. The fraction of sp³-hybridized carbons (Fsp3) is 0.533. The van der Waals surface area contributed by atoms with Gasteiger partial charge in [-0.3, -0.25) is 14.6 Å². The quantitative estimate of drug-likeness (QED) is 0.814. The van der Waals surface area contributed by atoms with Gasteiger partial charge in [0.1, 0.15) is 5.60 Å². The van der Waals surface area contributed by atoms with Crippen LogP contribution in [0.3, 0.4) is 0 Å². The van der Waals surface area contributed by atoms with E-state index >= 15 is 0 Å². The minimum Gasteiger partial charge on any atom is -0.460 e. The maximum absolute atomic E-state index is 12.3. The number of pyridine rings is 1. The maximum atomic E-state index is 12.3. The lowest BCUT2D eigenvalue weighted by molar-refractivity contribution is -0.155. The Labute approximate surface area is 129 Å². The van der Waals surface area contributed by atoms with Crippen LogP contribution in [0.25, 0.3) is 0 Å². The molecule has 0 aliphatic heterocycles. The largest absolute Gasteiger partial charge is 0.460 e. The molecule has 5 nitrogen and oxygen atoms in total. The van der Waals surface area contributed by atoms with E-state index in [-0.39, 0.29) is 29.8 Å². The Morgan fingerprint density at radius 3 is 2.57 bits per heavy atom. The van der Waals surface area contributed by atoms with Gasteiger partial charge in [-0.25, -0.2) is 0 Å². The second-order valence-electron chi connectivity index (χ2n) is 5.67. The predicted molar refractivity (Wildman–Crippen MR) is 85.0 cm³/mol. The number of nitrogens with zero attached hydrogens (tertiary/aromatic N) is 1. The molecule has 1 heterocycles. The first-order valence-electron chi connectivity index (χ1n) is 6.71. The summed E-state index contributed by atoms with van der Waals surface area (Å²) in [6.45, 7) is 5.40. The van der Waals surface area contributed by atoms with Gasteiger partial charge >= 0.3 is 5.97 Å². The number of ether oxygens (including phenoxy) is 1. The number of ketones is 1. The summed E-state index contributed by atoms with van der Waals surface area (Å²) < 4.78 is 5.20. The molecule has 0 saturated heterocycles. The number of hydrogen-bond acceptors (Lipinski definition) is 6. The van der Waals surface area contributed by atoms with E-state index in [1.54, 1.807) is 33.0 Å². The SMILES string of the molecule is CSC(C(=O)CCC(=O)OC(C)(C)C)c1ccncc1N. The van der Waals surface area contributed by atoms with Gasteiger partial charge in [-0.05, 0) is 38.7 Å². The van der Waals surface area contributed by atoms with Gasteiger partial charge < -0.3 is 10.5 Å². The zero-order valence-corrected chi connectivity index (χ0v) is 13.7. The number of nitrogens with two attached hydrogens (primary N) is 1. The summed E-state index contributed by atoms with van der Waals surface area (Å²) >= 11 is 1.40. The molecule has 0 fully saturated rings. The van der Waals surface area contributed by atoms with E-state index in [1.807, 2.05) is 6.26 Å². The van der Waals surface area contributed by atoms with E-state index in [0.717, 1.165) is 5.56 Å². The van der Waals surface area contributed by atoms with E-state index in [4.69, 9.17) is 10.5 Å². The van der Waals surface area contributed by atoms with E-state index in [2.05, 4.69) is 4.98 Å². The number of esters is 1. The van der Waals surface area contributed by atoms with Crippen molar-refractivity contribution in [1.82, 2.24) is 4.98 Å². The Bertz CT molecular complexity index is 512. The minimum absolute atomic E-state index is 0.0359. The molecule has 0 aliphatic rings. The van der Waals surface area contributed by atoms with Crippen LogP contribution in [0.1, 0.15) is 44.4 Å². The van der Waals surface area contributed by atoms with E-state index in [1.165, 1.54) is 18.0 Å². The molecule has 0 bridgehead atoms. The van der Waals surface area contributed by atoms with E-state index < -0.39 is 5.60 Å². The Hall–Kier alpha value is -1.56. The van der Waals surface area contributed by atoms with E-state index in [9.17, 15) is 9.59 Å². The van der Waals surface area contributed by atoms with Gasteiger partial charge in [0.2, 0.25) is 0 Å². The van der Waals surface area contributed by atoms with Crippen molar-refractivity contribution in [2.75, 3.05) is 12.0 Å². The minimum atomic E-state index is -0.533. The second-order valence-corrected chi connectivity index (χ2v) is 6.62. The lowest BCUT2D eigenvalue weighted by Crippen LogP contribution is -2.24. The summed E-state index contributed by atoms with van der Waals surface area (Å²) in [6, 6.07) is 1.74. The lowest BCUT2D eigenvalue weighted by atomic mass is 10.0. The van der Waals surface area contributed by atoms with Gasteiger partial charge in [0.25, 0.3) is 0 Å². The van der Waals surface area contributed by atoms with Crippen molar-refractivity contribution in [3.8, 4) is 0 Å². The molecular formula is C15H22N2O3S. The van der Waals surface area contributed by atoms with Crippen LogP contribution in [0.2, 0.25) is 0 Å². The zero-order valence-electron chi connectivity index (χ0n) is 12.9. The highest BCUT2D eigenvalue weighted by atomic mass is 32.2. The summed E-state index contributed by atoms with van der Waals surface area (Å²) in [5, 5.41) is -0.379. The molecule has 0 amide bonds. The van der Waals surface area contributed by atoms with Crippen LogP contribution in [0.5, 0.6) is 0 Å².